The van der Waals surface area contributed by atoms with Crippen LogP contribution in [0.1, 0.15) is 43.7 Å². The van der Waals surface area contributed by atoms with E-state index in [1.54, 1.807) is 6.07 Å². The fraction of sp³-hybridized carbons (Fsp3) is 0.647. The average molecular weight is 311 g/mol. The number of benzene rings is 1. The van der Waals surface area contributed by atoms with Gasteiger partial charge in [0, 0.05) is 37.8 Å². The Balaban J connectivity index is 1.91. The highest BCUT2D eigenvalue weighted by Crippen LogP contribution is 2.40. The van der Waals surface area contributed by atoms with Crippen molar-refractivity contribution >= 4 is 11.6 Å². The van der Waals surface area contributed by atoms with Gasteiger partial charge >= 0.3 is 0 Å². The van der Waals surface area contributed by atoms with Crippen molar-refractivity contribution in [3.63, 3.8) is 0 Å². The average Bonchev–Trinajstić information content (AvgIpc) is 2.54. The fourth-order valence-electron chi connectivity index (χ4n) is 3.91. The van der Waals surface area contributed by atoms with Crippen molar-refractivity contribution in [1.29, 1.82) is 0 Å². The van der Waals surface area contributed by atoms with E-state index in [9.17, 15) is 4.39 Å². The van der Waals surface area contributed by atoms with Crippen molar-refractivity contribution in [2.24, 2.45) is 5.92 Å². The molecule has 0 aromatic heterocycles. The topological polar surface area (TPSA) is 15.3 Å². The van der Waals surface area contributed by atoms with Crippen molar-refractivity contribution in [2.45, 2.75) is 38.1 Å². The van der Waals surface area contributed by atoms with Crippen LogP contribution in [0.15, 0.2) is 18.2 Å². The molecular formula is C17H24ClFN2. The van der Waals surface area contributed by atoms with E-state index in [0.29, 0.717) is 5.92 Å². The third-order valence-corrected chi connectivity index (χ3v) is 5.23. The summed E-state index contributed by atoms with van der Waals surface area (Å²) in [6, 6.07) is 5.66. The van der Waals surface area contributed by atoms with Crippen LogP contribution in [0.3, 0.4) is 0 Å². The number of piperazine rings is 1. The van der Waals surface area contributed by atoms with Crippen LogP contribution in [-0.2, 0) is 0 Å². The summed E-state index contributed by atoms with van der Waals surface area (Å²) in [5.74, 6) is 0.345. The molecule has 0 amide bonds. The highest BCUT2D eigenvalue weighted by atomic mass is 35.5. The fourth-order valence-corrected chi connectivity index (χ4v) is 4.09. The Bertz CT molecular complexity index is 450. The van der Waals surface area contributed by atoms with Crippen LogP contribution in [0.2, 0.25) is 5.02 Å². The van der Waals surface area contributed by atoms with E-state index >= 15 is 0 Å². The molecule has 4 heteroatoms. The van der Waals surface area contributed by atoms with Gasteiger partial charge in [0.25, 0.3) is 0 Å². The highest BCUT2D eigenvalue weighted by Gasteiger charge is 2.32. The Morgan fingerprint density at radius 1 is 1.14 bits per heavy atom. The lowest BCUT2D eigenvalue weighted by atomic mass is 9.80. The summed E-state index contributed by atoms with van der Waals surface area (Å²) in [7, 11) is 0. The van der Waals surface area contributed by atoms with Crippen LogP contribution < -0.4 is 5.32 Å². The number of rotatable bonds is 3. The Morgan fingerprint density at radius 3 is 2.57 bits per heavy atom. The van der Waals surface area contributed by atoms with Gasteiger partial charge in [0.1, 0.15) is 5.82 Å². The molecule has 2 fully saturated rings. The summed E-state index contributed by atoms with van der Waals surface area (Å²) in [6.45, 7) is 3.97. The molecule has 1 aromatic rings. The Morgan fingerprint density at radius 2 is 1.86 bits per heavy atom. The van der Waals surface area contributed by atoms with Gasteiger partial charge in [-0.05, 0) is 24.8 Å². The molecule has 0 bridgehead atoms. The molecule has 116 valence electrons. The largest absolute Gasteiger partial charge is 0.314 e. The van der Waals surface area contributed by atoms with E-state index < -0.39 is 0 Å². The van der Waals surface area contributed by atoms with Crippen molar-refractivity contribution in [1.82, 2.24) is 10.2 Å². The monoisotopic (exact) mass is 310 g/mol. The van der Waals surface area contributed by atoms with Gasteiger partial charge in [-0.15, -0.1) is 0 Å². The molecule has 1 saturated carbocycles. The summed E-state index contributed by atoms with van der Waals surface area (Å²) in [4.78, 5) is 2.46. The van der Waals surface area contributed by atoms with E-state index in [1.165, 1.54) is 32.1 Å². The smallest absolute Gasteiger partial charge is 0.146 e. The second-order valence-corrected chi connectivity index (χ2v) is 6.68. The number of hydrogen-bond donors (Lipinski definition) is 1. The summed E-state index contributed by atoms with van der Waals surface area (Å²) in [6.07, 6.45) is 6.29. The van der Waals surface area contributed by atoms with Gasteiger partial charge in [0.15, 0.2) is 0 Å². The lowest BCUT2D eigenvalue weighted by molar-refractivity contribution is 0.101. The molecule has 1 saturated heterocycles. The van der Waals surface area contributed by atoms with Crippen LogP contribution in [0.25, 0.3) is 0 Å². The van der Waals surface area contributed by atoms with Crippen molar-refractivity contribution in [3.8, 4) is 0 Å². The zero-order valence-corrected chi connectivity index (χ0v) is 13.2. The minimum atomic E-state index is -0.215. The molecule has 0 spiro atoms. The zero-order valence-electron chi connectivity index (χ0n) is 12.5. The lowest BCUT2D eigenvalue weighted by Gasteiger charge is -2.41. The van der Waals surface area contributed by atoms with Crippen molar-refractivity contribution < 1.29 is 4.39 Å². The zero-order chi connectivity index (χ0) is 14.7. The van der Waals surface area contributed by atoms with Crippen LogP contribution in [0.5, 0.6) is 0 Å². The van der Waals surface area contributed by atoms with Gasteiger partial charge in [-0.1, -0.05) is 43.0 Å². The van der Waals surface area contributed by atoms with Gasteiger partial charge in [-0.2, -0.15) is 0 Å². The number of nitrogens with zero attached hydrogens (tertiary/aromatic N) is 1. The standard InChI is InChI=1S/C17H24ClFN2/c18-15-8-4-7-14(16(15)19)17(13-5-2-1-3-6-13)21-11-9-20-10-12-21/h4,7-8,13,17,20H,1-3,5-6,9-12H2/t17-/m0/s1. The van der Waals surface area contributed by atoms with Crippen LogP contribution in [0, 0.1) is 11.7 Å². The maximum atomic E-state index is 14.6. The van der Waals surface area contributed by atoms with E-state index in [4.69, 9.17) is 11.6 Å². The van der Waals surface area contributed by atoms with Crippen LogP contribution >= 0.6 is 11.6 Å². The molecule has 0 radical (unpaired) electrons. The maximum Gasteiger partial charge on any atom is 0.146 e. The van der Waals surface area contributed by atoms with Crippen LogP contribution in [-0.4, -0.2) is 31.1 Å². The highest BCUT2D eigenvalue weighted by molar-refractivity contribution is 6.30. The number of nitrogens with one attached hydrogen (secondary N) is 1. The molecule has 1 atom stereocenters. The third kappa shape index (κ3) is 3.41. The predicted molar refractivity (Wildman–Crippen MR) is 85.2 cm³/mol. The molecule has 0 unspecified atom stereocenters. The molecule has 1 heterocycles. The molecule has 3 rings (SSSR count). The number of halogens is 2. The summed E-state index contributed by atoms with van der Waals surface area (Å²) in [5, 5.41) is 3.64. The first-order valence-electron chi connectivity index (χ1n) is 8.16. The molecule has 1 aliphatic carbocycles. The molecule has 2 aliphatic rings. The minimum Gasteiger partial charge on any atom is -0.314 e. The first-order valence-corrected chi connectivity index (χ1v) is 8.54. The van der Waals surface area contributed by atoms with E-state index in [1.807, 2.05) is 12.1 Å². The second-order valence-electron chi connectivity index (χ2n) is 6.27. The predicted octanol–water partition coefficient (Wildman–Crippen LogP) is 4.01. The van der Waals surface area contributed by atoms with Crippen LogP contribution in [0.4, 0.5) is 4.39 Å². The van der Waals surface area contributed by atoms with E-state index in [0.717, 1.165) is 31.7 Å². The Hall–Kier alpha value is -0.640. The Labute approximate surface area is 131 Å². The van der Waals surface area contributed by atoms with E-state index in [-0.39, 0.29) is 16.9 Å². The first kappa shape index (κ1) is 15.3. The van der Waals surface area contributed by atoms with Gasteiger partial charge in [0.2, 0.25) is 0 Å². The second kappa shape index (κ2) is 7.08. The van der Waals surface area contributed by atoms with Crippen molar-refractivity contribution in [3.05, 3.63) is 34.6 Å². The van der Waals surface area contributed by atoms with Gasteiger partial charge < -0.3 is 5.32 Å². The summed E-state index contributed by atoms with van der Waals surface area (Å²) in [5.41, 5.74) is 0.802. The molecule has 1 aromatic carbocycles. The maximum absolute atomic E-state index is 14.6. The molecule has 2 nitrogen and oxygen atoms in total. The SMILES string of the molecule is Fc1c(Cl)cccc1[C@H](C1CCCCC1)N1CCNCC1. The lowest BCUT2D eigenvalue weighted by Crippen LogP contribution is -2.47. The van der Waals surface area contributed by atoms with Crippen molar-refractivity contribution in [2.75, 3.05) is 26.2 Å². The third-order valence-electron chi connectivity index (χ3n) is 4.94. The molecule has 1 N–H and O–H groups in total. The Kier molecular flexibility index (Phi) is 5.15. The number of hydrogen-bond acceptors (Lipinski definition) is 2. The molecular weight excluding hydrogens is 287 g/mol. The molecule has 1 aliphatic heterocycles. The molecule has 21 heavy (non-hydrogen) atoms. The summed E-state index contributed by atoms with van der Waals surface area (Å²) >= 11 is 6.03. The first-order chi connectivity index (χ1) is 10.3. The quantitative estimate of drug-likeness (QED) is 0.907. The van der Waals surface area contributed by atoms with Gasteiger partial charge in [-0.25, -0.2) is 4.39 Å². The summed E-state index contributed by atoms with van der Waals surface area (Å²) < 4.78 is 14.6. The van der Waals surface area contributed by atoms with Gasteiger partial charge in [-0.3, -0.25) is 4.90 Å². The van der Waals surface area contributed by atoms with E-state index in [2.05, 4.69) is 10.2 Å². The van der Waals surface area contributed by atoms with Gasteiger partial charge in [0.05, 0.1) is 5.02 Å². The normalized spacial score (nSPS) is 23.1. The minimum absolute atomic E-state index is 0.186.